The lowest BCUT2D eigenvalue weighted by Gasteiger charge is -2.34. The number of nitrogen functional groups attached to an aromatic ring is 1. The van der Waals surface area contributed by atoms with E-state index in [4.69, 9.17) is 10.8 Å². The summed E-state index contributed by atoms with van der Waals surface area (Å²) < 4.78 is 0. The standard InChI is InChI=1S/C11H17N5O2/c12-10-8-13-7-9(14-10)11(18)16-3-1-15(2-4-16)5-6-17/h7-8,17H,1-6H2,(H2,12,14). The molecule has 1 aliphatic rings. The zero-order chi connectivity index (χ0) is 13.0. The molecule has 1 amide bonds. The second-order valence-electron chi connectivity index (χ2n) is 4.19. The Hall–Kier alpha value is -1.73. The summed E-state index contributed by atoms with van der Waals surface area (Å²) in [7, 11) is 0. The maximum atomic E-state index is 12.1. The molecule has 2 heterocycles. The van der Waals surface area contributed by atoms with Gasteiger partial charge in [-0.3, -0.25) is 14.7 Å². The number of carbonyl (C=O) groups excluding carboxylic acids is 1. The molecule has 1 aromatic heterocycles. The quantitative estimate of drug-likeness (QED) is 0.701. The Labute approximate surface area is 105 Å². The van der Waals surface area contributed by atoms with Gasteiger partial charge >= 0.3 is 0 Å². The highest BCUT2D eigenvalue weighted by Crippen LogP contribution is 2.07. The van der Waals surface area contributed by atoms with Gasteiger partial charge in [-0.1, -0.05) is 0 Å². The molecule has 7 nitrogen and oxygen atoms in total. The largest absolute Gasteiger partial charge is 0.395 e. The van der Waals surface area contributed by atoms with E-state index in [1.807, 2.05) is 0 Å². The maximum absolute atomic E-state index is 12.1. The molecule has 0 radical (unpaired) electrons. The summed E-state index contributed by atoms with van der Waals surface area (Å²) in [5, 5.41) is 8.85. The molecule has 7 heteroatoms. The zero-order valence-corrected chi connectivity index (χ0v) is 10.1. The molecule has 0 spiro atoms. The highest BCUT2D eigenvalue weighted by molar-refractivity contribution is 5.92. The van der Waals surface area contributed by atoms with E-state index in [0.29, 0.717) is 19.6 Å². The molecule has 1 saturated heterocycles. The first kappa shape index (κ1) is 12.7. The van der Waals surface area contributed by atoms with Crippen molar-refractivity contribution in [2.45, 2.75) is 0 Å². The third kappa shape index (κ3) is 2.93. The molecule has 0 unspecified atom stereocenters. The van der Waals surface area contributed by atoms with Crippen molar-refractivity contribution in [1.29, 1.82) is 0 Å². The summed E-state index contributed by atoms with van der Waals surface area (Å²) in [5.74, 6) is 0.109. The van der Waals surface area contributed by atoms with Gasteiger partial charge in [0.15, 0.2) is 0 Å². The van der Waals surface area contributed by atoms with Gasteiger partial charge in [0, 0.05) is 32.7 Å². The molecular formula is C11H17N5O2. The molecule has 18 heavy (non-hydrogen) atoms. The van der Waals surface area contributed by atoms with Gasteiger partial charge in [0.2, 0.25) is 0 Å². The van der Waals surface area contributed by atoms with Crippen LogP contribution in [-0.2, 0) is 0 Å². The van der Waals surface area contributed by atoms with Crippen LogP contribution in [0.5, 0.6) is 0 Å². The van der Waals surface area contributed by atoms with Crippen LogP contribution in [0.1, 0.15) is 10.5 Å². The number of carbonyl (C=O) groups is 1. The number of hydrogen-bond acceptors (Lipinski definition) is 6. The predicted molar refractivity (Wildman–Crippen MR) is 65.9 cm³/mol. The highest BCUT2D eigenvalue weighted by atomic mass is 16.3. The molecule has 0 aromatic carbocycles. The number of β-amino-alcohol motifs (C(OH)–C–C–N with tert-alkyl or cyclic N) is 1. The van der Waals surface area contributed by atoms with Gasteiger partial charge in [0.25, 0.3) is 5.91 Å². The van der Waals surface area contributed by atoms with Crippen LogP contribution in [0.15, 0.2) is 12.4 Å². The lowest BCUT2D eigenvalue weighted by Crippen LogP contribution is -2.49. The predicted octanol–water partition coefficient (Wildman–Crippen LogP) is -1.19. The summed E-state index contributed by atoms with van der Waals surface area (Å²) in [4.78, 5) is 23.8. The second kappa shape index (κ2) is 5.74. The van der Waals surface area contributed by atoms with Crippen molar-refractivity contribution >= 4 is 11.7 Å². The lowest BCUT2D eigenvalue weighted by atomic mass is 10.3. The van der Waals surface area contributed by atoms with Crippen LogP contribution in [0.2, 0.25) is 0 Å². The number of aliphatic hydroxyl groups is 1. The van der Waals surface area contributed by atoms with Gasteiger partial charge in [-0.15, -0.1) is 0 Å². The Balaban J connectivity index is 1.95. The Morgan fingerprint density at radius 1 is 1.33 bits per heavy atom. The van der Waals surface area contributed by atoms with Crippen LogP contribution in [-0.4, -0.2) is 70.1 Å². The molecular weight excluding hydrogens is 234 g/mol. The fourth-order valence-electron chi connectivity index (χ4n) is 1.96. The summed E-state index contributed by atoms with van der Waals surface area (Å²) in [6.45, 7) is 3.60. The summed E-state index contributed by atoms with van der Waals surface area (Å²) in [6, 6.07) is 0. The van der Waals surface area contributed by atoms with Crippen molar-refractivity contribution < 1.29 is 9.90 Å². The van der Waals surface area contributed by atoms with Crippen LogP contribution >= 0.6 is 0 Å². The van der Waals surface area contributed by atoms with E-state index >= 15 is 0 Å². The van der Waals surface area contributed by atoms with Crippen LogP contribution < -0.4 is 5.73 Å². The van der Waals surface area contributed by atoms with E-state index < -0.39 is 0 Å². The summed E-state index contributed by atoms with van der Waals surface area (Å²) >= 11 is 0. The summed E-state index contributed by atoms with van der Waals surface area (Å²) in [5.41, 5.74) is 5.79. The van der Waals surface area contributed by atoms with Gasteiger partial charge in [0.05, 0.1) is 19.0 Å². The van der Waals surface area contributed by atoms with Crippen LogP contribution in [0, 0.1) is 0 Å². The molecule has 98 valence electrons. The van der Waals surface area contributed by atoms with E-state index in [9.17, 15) is 4.79 Å². The maximum Gasteiger partial charge on any atom is 0.274 e. The number of anilines is 1. The van der Waals surface area contributed by atoms with E-state index in [-0.39, 0.29) is 24.0 Å². The average molecular weight is 251 g/mol. The Morgan fingerprint density at radius 2 is 2.06 bits per heavy atom. The smallest absolute Gasteiger partial charge is 0.274 e. The first-order valence-electron chi connectivity index (χ1n) is 5.90. The minimum Gasteiger partial charge on any atom is -0.395 e. The molecule has 0 saturated carbocycles. The van der Waals surface area contributed by atoms with Crippen LogP contribution in [0.4, 0.5) is 5.82 Å². The van der Waals surface area contributed by atoms with Crippen molar-refractivity contribution in [3.05, 3.63) is 18.1 Å². The number of hydrogen-bond donors (Lipinski definition) is 2. The Kier molecular flexibility index (Phi) is 4.06. The molecule has 0 aliphatic carbocycles. The fourth-order valence-corrected chi connectivity index (χ4v) is 1.96. The molecule has 3 N–H and O–H groups in total. The molecule has 2 rings (SSSR count). The van der Waals surface area contributed by atoms with Gasteiger partial charge in [-0.25, -0.2) is 4.98 Å². The van der Waals surface area contributed by atoms with Crippen LogP contribution in [0.3, 0.4) is 0 Å². The number of aliphatic hydroxyl groups excluding tert-OH is 1. The van der Waals surface area contributed by atoms with Gasteiger partial charge in [0.1, 0.15) is 11.5 Å². The molecule has 1 aromatic rings. The Morgan fingerprint density at radius 3 is 2.67 bits per heavy atom. The van der Waals surface area contributed by atoms with Gasteiger partial charge < -0.3 is 15.7 Å². The van der Waals surface area contributed by atoms with E-state index in [2.05, 4.69) is 14.9 Å². The summed E-state index contributed by atoms with van der Waals surface area (Å²) in [6.07, 6.45) is 2.84. The van der Waals surface area contributed by atoms with E-state index in [0.717, 1.165) is 13.1 Å². The van der Waals surface area contributed by atoms with Crippen molar-refractivity contribution in [2.24, 2.45) is 0 Å². The first-order chi connectivity index (χ1) is 8.70. The van der Waals surface area contributed by atoms with Crippen molar-refractivity contribution in [2.75, 3.05) is 45.1 Å². The number of rotatable bonds is 3. The SMILES string of the molecule is Nc1cncc(C(=O)N2CCN(CCO)CC2)n1. The van der Waals surface area contributed by atoms with Crippen LogP contribution in [0.25, 0.3) is 0 Å². The van der Waals surface area contributed by atoms with Crippen molar-refractivity contribution in [3.8, 4) is 0 Å². The highest BCUT2D eigenvalue weighted by Gasteiger charge is 2.22. The van der Waals surface area contributed by atoms with Crippen molar-refractivity contribution in [3.63, 3.8) is 0 Å². The normalized spacial score (nSPS) is 16.8. The minimum atomic E-state index is -0.140. The lowest BCUT2D eigenvalue weighted by molar-refractivity contribution is 0.0609. The minimum absolute atomic E-state index is 0.140. The first-order valence-corrected chi connectivity index (χ1v) is 5.90. The third-order valence-corrected chi connectivity index (χ3v) is 2.95. The number of piperazine rings is 1. The van der Waals surface area contributed by atoms with Crippen molar-refractivity contribution in [1.82, 2.24) is 19.8 Å². The second-order valence-corrected chi connectivity index (χ2v) is 4.19. The fraction of sp³-hybridized carbons (Fsp3) is 0.545. The molecule has 0 bridgehead atoms. The third-order valence-electron chi connectivity index (χ3n) is 2.95. The zero-order valence-electron chi connectivity index (χ0n) is 10.1. The number of amides is 1. The molecule has 1 aliphatic heterocycles. The Bertz CT molecular complexity index is 418. The van der Waals surface area contributed by atoms with Gasteiger partial charge in [-0.05, 0) is 0 Å². The number of aromatic nitrogens is 2. The number of nitrogens with two attached hydrogens (primary N) is 1. The topological polar surface area (TPSA) is 95.6 Å². The van der Waals surface area contributed by atoms with E-state index in [1.165, 1.54) is 12.4 Å². The van der Waals surface area contributed by atoms with E-state index in [1.54, 1.807) is 4.90 Å². The molecule has 1 fully saturated rings. The van der Waals surface area contributed by atoms with Gasteiger partial charge in [-0.2, -0.15) is 0 Å². The monoisotopic (exact) mass is 251 g/mol. The molecule has 0 atom stereocenters. The number of nitrogens with zero attached hydrogens (tertiary/aromatic N) is 4. The average Bonchev–Trinajstić information content (AvgIpc) is 2.39.